The summed E-state index contributed by atoms with van der Waals surface area (Å²) in [5.41, 5.74) is 0.327. The molecule has 2 aromatic rings. The smallest absolute Gasteiger partial charge is 0.341 e. The highest BCUT2D eigenvalue weighted by atomic mass is 16.4. The molecule has 0 spiro atoms. The van der Waals surface area contributed by atoms with Crippen molar-refractivity contribution in [3.8, 4) is 11.8 Å². The van der Waals surface area contributed by atoms with Gasteiger partial charge in [-0.05, 0) is 18.2 Å². The summed E-state index contributed by atoms with van der Waals surface area (Å²) in [6, 6.07) is 4.98. The fraction of sp³-hybridized carbons (Fsp3) is 0.188. The Hall–Kier alpha value is -3.07. The number of carboxylic acids is 1. The molecule has 0 radical (unpaired) electrons. The summed E-state index contributed by atoms with van der Waals surface area (Å²) in [6.45, 7) is 1.89. The Morgan fingerprint density at radius 3 is 2.82 bits per heavy atom. The van der Waals surface area contributed by atoms with Gasteiger partial charge in [-0.15, -0.1) is 0 Å². The van der Waals surface area contributed by atoms with Crippen LogP contribution in [0.1, 0.15) is 29.3 Å². The lowest BCUT2D eigenvalue weighted by atomic mass is 10.1. The van der Waals surface area contributed by atoms with E-state index in [0.717, 1.165) is 0 Å². The van der Waals surface area contributed by atoms with Crippen LogP contribution < -0.4 is 10.7 Å². The van der Waals surface area contributed by atoms with Crippen LogP contribution in [0.25, 0.3) is 10.9 Å². The van der Waals surface area contributed by atoms with Crippen LogP contribution >= 0.6 is 0 Å². The molecule has 0 aliphatic carbocycles. The lowest BCUT2D eigenvalue weighted by molar-refractivity contribution is -0.118. The number of hydrogen-bond donors (Lipinski definition) is 3. The van der Waals surface area contributed by atoms with E-state index in [9.17, 15) is 14.4 Å². The van der Waals surface area contributed by atoms with Crippen LogP contribution in [0.4, 0.5) is 0 Å². The summed E-state index contributed by atoms with van der Waals surface area (Å²) in [7, 11) is 0. The molecule has 0 unspecified atom stereocenters. The number of nitrogens with one attached hydrogen (secondary N) is 2. The Labute approximate surface area is 126 Å². The molecule has 2 rings (SSSR count). The number of amides is 1. The molecule has 0 aliphatic rings. The lowest BCUT2D eigenvalue weighted by Crippen LogP contribution is -2.20. The normalized spacial score (nSPS) is 9.86. The first kappa shape index (κ1) is 15.3. The quantitative estimate of drug-likeness (QED) is 0.583. The minimum atomic E-state index is -1.27. The van der Waals surface area contributed by atoms with Crippen molar-refractivity contribution in [3.63, 3.8) is 0 Å². The van der Waals surface area contributed by atoms with Gasteiger partial charge < -0.3 is 15.4 Å². The monoisotopic (exact) mass is 298 g/mol. The van der Waals surface area contributed by atoms with E-state index in [-0.39, 0.29) is 16.9 Å². The van der Waals surface area contributed by atoms with Crippen LogP contribution in [0.3, 0.4) is 0 Å². The molecule has 0 atom stereocenters. The molecular weight excluding hydrogens is 284 g/mol. The van der Waals surface area contributed by atoms with Crippen LogP contribution in [0.5, 0.6) is 0 Å². The minimum Gasteiger partial charge on any atom is -0.477 e. The summed E-state index contributed by atoms with van der Waals surface area (Å²) in [5.74, 6) is 4.39. The maximum absolute atomic E-state index is 12.1. The molecule has 0 saturated heterocycles. The van der Waals surface area contributed by atoms with Crippen LogP contribution in [-0.2, 0) is 4.79 Å². The number of benzene rings is 1. The highest BCUT2D eigenvalue weighted by Gasteiger charge is 2.11. The number of hydrogen-bond acceptors (Lipinski definition) is 3. The van der Waals surface area contributed by atoms with Crippen molar-refractivity contribution in [1.82, 2.24) is 10.3 Å². The molecule has 6 heteroatoms. The number of pyridine rings is 1. The van der Waals surface area contributed by atoms with Crippen LogP contribution in [0.15, 0.2) is 29.2 Å². The zero-order valence-corrected chi connectivity index (χ0v) is 11.9. The van der Waals surface area contributed by atoms with Crippen LogP contribution in [-0.4, -0.2) is 28.5 Å². The Morgan fingerprint density at radius 1 is 1.36 bits per heavy atom. The first-order chi connectivity index (χ1) is 10.5. The summed E-state index contributed by atoms with van der Waals surface area (Å²) >= 11 is 0. The van der Waals surface area contributed by atoms with E-state index in [4.69, 9.17) is 5.11 Å². The second kappa shape index (κ2) is 6.59. The highest BCUT2D eigenvalue weighted by Crippen LogP contribution is 2.10. The number of rotatable bonds is 3. The number of fused-ring (bicyclic) bond motifs is 1. The minimum absolute atomic E-state index is 0.111. The van der Waals surface area contributed by atoms with E-state index in [1.165, 1.54) is 13.1 Å². The molecule has 1 heterocycles. The van der Waals surface area contributed by atoms with E-state index in [2.05, 4.69) is 22.1 Å². The number of aromatic amines is 1. The average Bonchev–Trinajstić information content (AvgIpc) is 2.47. The van der Waals surface area contributed by atoms with E-state index < -0.39 is 11.4 Å². The molecule has 3 N–H and O–H groups in total. The Bertz CT molecular complexity index is 856. The third kappa shape index (κ3) is 3.52. The zero-order valence-electron chi connectivity index (χ0n) is 11.9. The molecule has 22 heavy (non-hydrogen) atoms. The van der Waals surface area contributed by atoms with Crippen molar-refractivity contribution >= 4 is 22.8 Å². The lowest BCUT2D eigenvalue weighted by Gasteiger charge is -2.00. The second-order valence-corrected chi connectivity index (χ2v) is 4.63. The van der Waals surface area contributed by atoms with Crippen molar-refractivity contribution in [2.45, 2.75) is 13.3 Å². The zero-order chi connectivity index (χ0) is 16.1. The van der Waals surface area contributed by atoms with Gasteiger partial charge in [0.05, 0.1) is 0 Å². The largest absolute Gasteiger partial charge is 0.477 e. The Morgan fingerprint density at radius 2 is 2.14 bits per heavy atom. The predicted molar refractivity (Wildman–Crippen MR) is 81.7 cm³/mol. The van der Waals surface area contributed by atoms with Gasteiger partial charge in [0.2, 0.25) is 11.3 Å². The molecular formula is C16H14N2O4. The fourth-order valence-electron chi connectivity index (χ4n) is 1.92. The van der Waals surface area contributed by atoms with Gasteiger partial charge in [-0.2, -0.15) is 0 Å². The van der Waals surface area contributed by atoms with Gasteiger partial charge in [-0.3, -0.25) is 9.59 Å². The van der Waals surface area contributed by atoms with Gasteiger partial charge >= 0.3 is 5.97 Å². The Kier molecular flexibility index (Phi) is 4.59. The van der Waals surface area contributed by atoms with Gasteiger partial charge in [0, 0.05) is 42.6 Å². The van der Waals surface area contributed by atoms with E-state index in [1.54, 1.807) is 18.2 Å². The second-order valence-electron chi connectivity index (χ2n) is 4.63. The SMILES string of the molecule is CC(=O)NCCC#Cc1ccc2[nH]cc(C(=O)O)c(=O)c2c1. The van der Waals surface area contributed by atoms with Gasteiger partial charge in [0.15, 0.2) is 0 Å². The molecule has 1 amide bonds. The van der Waals surface area contributed by atoms with E-state index in [0.29, 0.717) is 24.0 Å². The molecule has 112 valence electrons. The maximum atomic E-state index is 12.1. The first-order valence-electron chi connectivity index (χ1n) is 6.61. The third-order valence-electron chi connectivity index (χ3n) is 2.97. The highest BCUT2D eigenvalue weighted by molar-refractivity contribution is 5.92. The molecule has 1 aromatic heterocycles. The molecule has 0 saturated carbocycles. The van der Waals surface area contributed by atoms with Crippen molar-refractivity contribution in [3.05, 3.63) is 45.7 Å². The molecule has 1 aromatic carbocycles. The number of carboxylic acid groups (broad SMARTS) is 1. The fourth-order valence-corrected chi connectivity index (χ4v) is 1.92. The number of aromatic carboxylic acids is 1. The van der Waals surface area contributed by atoms with Crippen molar-refractivity contribution < 1.29 is 14.7 Å². The standard InChI is InChI=1S/C16H14N2O4/c1-10(19)17-7-3-2-4-11-5-6-14-12(8-11)15(20)13(9-18-14)16(21)22/h5-6,8-9H,3,7H2,1H3,(H,17,19)(H,18,20)(H,21,22). The number of H-pyrrole nitrogens is 1. The molecule has 0 fully saturated rings. The van der Waals surface area contributed by atoms with E-state index in [1.807, 2.05) is 0 Å². The summed E-state index contributed by atoms with van der Waals surface area (Å²) in [4.78, 5) is 36.5. The van der Waals surface area contributed by atoms with Crippen molar-refractivity contribution in [2.75, 3.05) is 6.54 Å². The number of carbonyl (C=O) groups is 2. The summed E-state index contributed by atoms with van der Waals surface area (Å²) in [5, 5.41) is 11.9. The molecule has 0 aliphatic heterocycles. The van der Waals surface area contributed by atoms with Gasteiger partial charge in [-0.1, -0.05) is 11.8 Å². The summed E-state index contributed by atoms with van der Waals surface area (Å²) < 4.78 is 0. The van der Waals surface area contributed by atoms with Gasteiger partial charge in [0.25, 0.3) is 0 Å². The van der Waals surface area contributed by atoms with Gasteiger partial charge in [0.1, 0.15) is 5.56 Å². The third-order valence-corrected chi connectivity index (χ3v) is 2.97. The van der Waals surface area contributed by atoms with Crippen molar-refractivity contribution in [1.29, 1.82) is 0 Å². The maximum Gasteiger partial charge on any atom is 0.341 e. The van der Waals surface area contributed by atoms with Crippen LogP contribution in [0.2, 0.25) is 0 Å². The number of carbonyl (C=O) groups excluding carboxylic acids is 1. The van der Waals surface area contributed by atoms with Gasteiger partial charge in [-0.25, -0.2) is 4.79 Å². The number of aromatic nitrogens is 1. The molecule has 0 bridgehead atoms. The predicted octanol–water partition coefficient (Wildman–Crippen LogP) is 1.10. The first-order valence-corrected chi connectivity index (χ1v) is 6.61. The molecule has 6 nitrogen and oxygen atoms in total. The van der Waals surface area contributed by atoms with E-state index >= 15 is 0 Å². The Balaban J connectivity index is 2.28. The summed E-state index contributed by atoms with van der Waals surface area (Å²) in [6.07, 6.45) is 1.68. The topological polar surface area (TPSA) is 99.3 Å². The van der Waals surface area contributed by atoms with Crippen LogP contribution in [0, 0.1) is 11.8 Å². The van der Waals surface area contributed by atoms with Crippen molar-refractivity contribution in [2.24, 2.45) is 0 Å². The average molecular weight is 298 g/mol.